The Labute approximate surface area is 107 Å². The van der Waals surface area contributed by atoms with Crippen molar-refractivity contribution in [2.75, 3.05) is 0 Å². The van der Waals surface area contributed by atoms with Gasteiger partial charge in [-0.25, -0.2) is 8.78 Å². The number of carbonyl (C=O) groups is 1. The van der Waals surface area contributed by atoms with E-state index in [0.29, 0.717) is 0 Å². The van der Waals surface area contributed by atoms with Crippen LogP contribution >= 0.6 is 15.9 Å². The zero-order chi connectivity index (χ0) is 12.4. The molecular formula is C12H12BrF2NO. The van der Waals surface area contributed by atoms with Crippen LogP contribution in [0.2, 0.25) is 0 Å². The third kappa shape index (κ3) is 2.83. The Morgan fingerprint density at radius 2 is 1.76 bits per heavy atom. The maximum absolute atomic E-state index is 13.2. The SMILES string of the molecule is O=C(NC1CCCC1)c1cc(F)c(Br)c(F)c1. The minimum atomic E-state index is -0.762. The average molecular weight is 304 g/mol. The van der Waals surface area contributed by atoms with Crippen molar-refractivity contribution in [2.24, 2.45) is 0 Å². The molecule has 5 heteroatoms. The number of rotatable bonds is 2. The van der Waals surface area contributed by atoms with Crippen LogP contribution in [0.25, 0.3) is 0 Å². The van der Waals surface area contributed by atoms with Crippen LogP contribution in [0.5, 0.6) is 0 Å². The van der Waals surface area contributed by atoms with Gasteiger partial charge in [-0.2, -0.15) is 0 Å². The van der Waals surface area contributed by atoms with E-state index in [1.165, 1.54) is 0 Å². The smallest absolute Gasteiger partial charge is 0.251 e. The zero-order valence-electron chi connectivity index (χ0n) is 9.10. The normalized spacial score (nSPS) is 16.2. The number of halogens is 3. The summed E-state index contributed by atoms with van der Waals surface area (Å²) in [5, 5.41) is 2.78. The van der Waals surface area contributed by atoms with Gasteiger partial charge >= 0.3 is 0 Å². The highest BCUT2D eigenvalue weighted by Gasteiger charge is 2.19. The van der Waals surface area contributed by atoms with Crippen molar-refractivity contribution in [3.05, 3.63) is 33.8 Å². The van der Waals surface area contributed by atoms with Crippen molar-refractivity contribution < 1.29 is 13.6 Å². The molecule has 0 atom stereocenters. The largest absolute Gasteiger partial charge is 0.349 e. The van der Waals surface area contributed by atoms with Crippen LogP contribution in [0.3, 0.4) is 0 Å². The first-order valence-corrected chi connectivity index (χ1v) is 6.32. The predicted molar refractivity (Wildman–Crippen MR) is 63.8 cm³/mol. The molecule has 0 radical (unpaired) electrons. The number of hydrogen-bond donors (Lipinski definition) is 1. The van der Waals surface area contributed by atoms with E-state index >= 15 is 0 Å². The van der Waals surface area contributed by atoms with Crippen molar-refractivity contribution in [1.29, 1.82) is 0 Å². The van der Waals surface area contributed by atoms with Crippen LogP contribution < -0.4 is 5.32 Å². The van der Waals surface area contributed by atoms with Gasteiger partial charge in [0.2, 0.25) is 0 Å². The Balaban J connectivity index is 2.13. The average Bonchev–Trinajstić information content (AvgIpc) is 2.77. The Morgan fingerprint density at radius 1 is 1.24 bits per heavy atom. The lowest BCUT2D eigenvalue weighted by atomic mass is 10.1. The maximum Gasteiger partial charge on any atom is 0.251 e. The van der Waals surface area contributed by atoms with Gasteiger partial charge in [-0.1, -0.05) is 12.8 Å². The molecule has 0 aromatic heterocycles. The fourth-order valence-corrected chi connectivity index (χ4v) is 2.25. The summed E-state index contributed by atoms with van der Waals surface area (Å²) in [6, 6.07) is 2.21. The molecule has 0 unspecified atom stereocenters. The number of carbonyl (C=O) groups excluding carboxylic acids is 1. The minimum Gasteiger partial charge on any atom is -0.349 e. The van der Waals surface area contributed by atoms with Crippen LogP contribution in [-0.2, 0) is 0 Å². The lowest BCUT2D eigenvalue weighted by Gasteiger charge is -2.12. The summed E-state index contributed by atoms with van der Waals surface area (Å²) < 4.78 is 26.3. The van der Waals surface area contributed by atoms with Gasteiger partial charge in [-0.3, -0.25) is 4.79 Å². The zero-order valence-corrected chi connectivity index (χ0v) is 10.7. The van der Waals surface area contributed by atoms with Crippen molar-refractivity contribution in [3.8, 4) is 0 Å². The van der Waals surface area contributed by atoms with Crippen molar-refractivity contribution in [1.82, 2.24) is 5.32 Å². The van der Waals surface area contributed by atoms with E-state index in [1.807, 2.05) is 0 Å². The molecule has 1 N–H and O–H groups in total. The van der Waals surface area contributed by atoms with Gasteiger partial charge in [0.25, 0.3) is 5.91 Å². The van der Waals surface area contributed by atoms with Gasteiger partial charge in [0.1, 0.15) is 11.6 Å². The third-order valence-electron chi connectivity index (χ3n) is 2.94. The van der Waals surface area contributed by atoms with E-state index in [4.69, 9.17) is 0 Å². The summed E-state index contributed by atoms with van der Waals surface area (Å²) in [6.45, 7) is 0. The van der Waals surface area contributed by atoms with Gasteiger partial charge in [0.05, 0.1) is 4.47 Å². The van der Waals surface area contributed by atoms with E-state index < -0.39 is 17.5 Å². The fourth-order valence-electron chi connectivity index (χ4n) is 2.03. The lowest BCUT2D eigenvalue weighted by molar-refractivity contribution is 0.0937. The standard InChI is InChI=1S/C12H12BrF2NO/c13-11-9(14)5-7(6-10(11)15)12(17)16-8-3-1-2-4-8/h5-6,8H,1-4H2,(H,16,17). The molecule has 92 valence electrons. The quantitative estimate of drug-likeness (QED) is 0.834. The first kappa shape index (κ1) is 12.5. The van der Waals surface area contributed by atoms with Crippen LogP contribution in [0.15, 0.2) is 16.6 Å². The van der Waals surface area contributed by atoms with Gasteiger partial charge in [0, 0.05) is 11.6 Å². The number of amides is 1. The summed E-state index contributed by atoms with van der Waals surface area (Å²) >= 11 is 2.77. The second-order valence-corrected chi connectivity index (χ2v) is 5.00. The van der Waals surface area contributed by atoms with Crippen LogP contribution in [0.4, 0.5) is 8.78 Å². The van der Waals surface area contributed by atoms with Crippen molar-refractivity contribution in [3.63, 3.8) is 0 Å². The first-order chi connectivity index (χ1) is 8.08. The molecular weight excluding hydrogens is 292 g/mol. The molecule has 1 saturated carbocycles. The topological polar surface area (TPSA) is 29.1 Å². The molecule has 2 nitrogen and oxygen atoms in total. The molecule has 2 rings (SSSR count). The Bertz CT molecular complexity index is 421. The molecule has 0 saturated heterocycles. The molecule has 0 bridgehead atoms. The van der Waals surface area contributed by atoms with Crippen LogP contribution in [-0.4, -0.2) is 11.9 Å². The van der Waals surface area contributed by atoms with Gasteiger partial charge in [0.15, 0.2) is 0 Å². The van der Waals surface area contributed by atoms with E-state index in [9.17, 15) is 13.6 Å². The Morgan fingerprint density at radius 3 is 2.29 bits per heavy atom. The molecule has 0 heterocycles. The summed E-state index contributed by atoms with van der Waals surface area (Å²) in [5.41, 5.74) is 0.0232. The lowest BCUT2D eigenvalue weighted by Crippen LogP contribution is -2.32. The third-order valence-corrected chi connectivity index (χ3v) is 3.69. The summed E-state index contributed by atoms with van der Waals surface area (Å²) in [6.07, 6.45) is 4.06. The summed E-state index contributed by atoms with van der Waals surface area (Å²) in [4.78, 5) is 11.8. The van der Waals surface area contributed by atoms with E-state index in [0.717, 1.165) is 37.8 Å². The molecule has 17 heavy (non-hydrogen) atoms. The van der Waals surface area contributed by atoms with Crippen LogP contribution in [0, 0.1) is 11.6 Å². The molecule has 1 aromatic carbocycles. The molecule has 1 aromatic rings. The molecule has 0 aliphatic heterocycles. The maximum atomic E-state index is 13.2. The molecule has 1 aliphatic rings. The van der Waals surface area contributed by atoms with Crippen LogP contribution in [0.1, 0.15) is 36.0 Å². The molecule has 1 amide bonds. The predicted octanol–water partition coefficient (Wildman–Crippen LogP) is 3.40. The van der Waals surface area contributed by atoms with E-state index in [1.54, 1.807) is 0 Å². The second kappa shape index (κ2) is 5.12. The van der Waals surface area contributed by atoms with Crippen molar-refractivity contribution in [2.45, 2.75) is 31.7 Å². The highest BCUT2D eigenvalue weighted by atomic mass is 79.9. The van der Waals surface area contributed by atoms with Gasteiger partial charge in [-0.15, -0.1) is 0 Å². The molecule has 1 aliphatic carbocycles. The highest BCUT2D eigenvalue weighted by molar-refractivity contribution is 9.10. The first-order valence-electron chi connectivity index (χ1n) is 5.53. The highest BCUT2D eigenvalue weighted by Crippen LogP contribution is 2.22. The minimum absolute atomic E-state index is 0.0232. The van der Waals surface area contributed by atoms with E-state index in [2.05, 4.69) is 21.2 Å². The molecule has 1 fully saturated rings. The van der Waals surface area contributed by atoms with Gasteiger partial charge < -0.3 is 5.32 Å². The number of benzene rings is 1. The summed E-state index contributed by atoms with van der Waals surface area (Å²) in [7, 11) is 0. The summed E-state index contributed by atoms with van der Waals surface area (Å²) in [5.74, 6) is -1.94. The Hall–Kier alpha value is -0.970. The van der Waals surface area contributed by atoms with Crippen molar-refractivity contribution >= 4 is 21.8 Å². The second-order valence-electron chi connectivity index (χ2n) is 4.21. The van der Waals surface area contributed by atoms with E-state index in [-0.39, 0.29) is 16.1 Å². The fraction of sp³-hybridized carbons (Fsp3) is 0.417. The van der Waals surface area contributed by atoms with Gasteiger partial charge in [-0.05, 0) is 40.9 Å². The number of hydrogen-bond acceptors (Lipinski definition) is 1. The number of nitrogens with one attached hydrogen (secondary N) is 1. The molecule has 0 spiro atoms. The Kier molecular flexibility index (Phi) is 3.76. The monoisotopic (exact) mass is 303 g/mol.